The number of nitrogen functional groups attached to an aromatic ring is 1. The number of nitrogens with two attached hydrogens (primary N) is 1. The summed E-state index contributed by atoms with van der Waals surface area (Å²) in [5.74, 6) is 5.23. The Labute approximate surface area is 122 Å². The molecule has 1 aromatic carbocycles. The smallest absolute Gasteiger partial charge is 0.251 e. The third-order valence-electron chi connectivity index (χ3n) is 3.15. The van der Waals surface area contributed by atoms with Crippen molar-refractivity contribution in [1.82, 2.24) is 10.3 Å². The summed E-state index contributed by atoms with van der Waals surface area (Å²) in [5, 5.41) is 2.81. The molecule has 5 nitrogen and oxygen atoms in total. The van der Waals surface area contributed by atoms with E-state index in [0.29, 0.717) is 24.3 Å². The van der Waals surface area contributed by atoms with Crippen LogP contribution < -0.4 is 16.6 Å². The van der Waals surface area contributed by atoms with Crippen LogP contribution in [0, 0.1) is 12.7 Å². The number of pyridine rings is 1. The molecule has 0 saturated heterocycles. The molecule has 21 heavy (non-hydrogen) atoms. The lowest BCUT2D eigenvalue weighted by Crippen LogP contribution is -2.26. The van der Waals surface area contributed by atoms with Crippen molar-refractivity contribution in [2.45, 2.75) is 13.3 Å². The second-order valence-electron chi connectivity index (χ2n) is 4.65. The summed E-state index contributed by atoms with van der Waals surface area (Å²) in [7, 11) is 0. The first-order valence-electron chi connectivity index (χ1n) is 6.56. The van der Waals surface area contributed by atoms with Crippen molar-refractivity contribution in [2.24, 2.45) is 5.84 Å². The highest BCUT2D eigenvalue weighted by atomic mass is 19.1. The van der Waals surface area contributed by atoms with Crippen molar-refractivity contribution in [1.29, 1.82) is 0 Å². The zero-order chi connectivity index (χ0) is 15.2. The fourth-order valence-electron chi connectivity index (χ4n) is 2.00. The van der Waals surface area contributed by atoms with Gasteiger partial charge in [-0.15, -0.1) is 0 Å². The molecule has 0 unspecified atom stereocenters. The quantitative estimate of drug-likeness (QED) is 0.579. The number of hydrogen-bond acceptors (Lipinski definition) is 4. The van der Waals surface area contributed by atoms with Crippen LogP contribution in [0.4, 0.5) is 10.2 Å². The molecule has 0 atom stereocenters. The first-order chi connectivity index (χ1) is 10.1. The van der Waals surface area contributed by atoms with Crippen molar-refractivity contribution in [2.75, 3.05) is 12.0 Å². The van der Waals surface area contributed by atoms with Gasteiger partial charge in [-0.25, -0.2) is 15.2 Å². The molecule has 0 saturated carbocycles. The molecule has 0 radical (unpaired) electrons. The highest BCUT2D eigenvalue weighted by Crippen LogP contribution is 2.10. The standard InChI is InChI=1S/C15H17FN4O/c1-10-8-13(16)3-2-11(10)4-7-19-15(21)12-5-6-18-14(9-12)20-17/h2-3,5-6,8-9H,4,7,17H2,1H3,(H,18,20)(H,19,21). The largest absolute Gasteiger partial charge is 0.352 e. The highest BCUT2D eigenvalue weighted by molar-refractivity contribution is 5.94. The van der Waals surface area contributed by atoms with Crippen LogP contribution in [-0.4, -0.2) is 17.4 Å². The number of anilines is 1. The lowest BCUT2D eigenvalue weighted by atomic mass is 10.1. The summed E-state index contributed by atoms with van der Waals surface area (Å²) in [6.45, 7) is 2.32. The Kier molecular flexibility index (Phi) is 4.84. The minimum Gasteiger partial charge on any atom is -0.352 e. The molecule has 4 N–H and O–H groups in total. The highest BCUT2D eigenvalue weighted by Gasteiger charge is 2.07. The van der Waals surface area contributed by atoms with Gasteiger partial charge < -0.3 is 10.7 Å². The molecular formula is C15H17FN4O. The second-order valence-corrected chi connectivity index (χ2v) is 4.65. The van der Waals surface area contributed by atoms with Crippen molar-refractivity contribution in [3.05, 3.63) is 59.0 Å². The molecule has 110 valence electrons. The molecule has 1 aromatic heterocycles. The normalized spacial score (nSPS) is 10.2. The van der Waals surface area contributed by atoms with E-state index in [2.05, 4.69) is 15.7 Å². The average Bonchev–Trinajstić information content (AvgIpc) is 2.49. The van der Waals surface area contributed by atoms with Gasteiger partial charge >= 0.3 is 0 Å². The van der Waals surface area contributed by atoms with Gasteiger partial charge in [0.25, 0.3) is 5.91 Å². The van der Waals surface area contributed by atoms with E-state index >= 15 is 0 Å². The van der Waals surface area contributed by atoms with Crippen LogP contribution in [0.15, 0.2) is 36.5 Å². The number of benzene rings is 1. The number of carbonyl (C=O) groups is 1. The topological polar surface area (TPSA) is 80.0 Å². The molecule has 0 aliphatic rings. The maximum atomic E-state index is 13.0. The predicted octanol–water partition coefficient (Wildman–Crippen LogP) is 1.79. The van der Waals surface area contributed by atoms with Crippen molar-refractivity contribution in [3.63, 3.8) is 0 Å². The van der Waals surface area contributed by atoms with Crippen LogP contribution in [0.5, 0.6) is 0 Å². The maximum Gasteiger partial charge on any atom is 0.251 e. The number of carbonyl (C=O) groups excluding carboxylic acids is 1. The lowest BCUT2D eigenvalue weighted by molar-refractivity contribution is 0.0954. The molecule has 0 aliphatic carbocycles. The summed E-state index contributed by atoms with van der Waals surface area (Å²) in [5.41, 5.74) is 4.76. The monoisotopic (exact) mass is 288 g/mol. The van der Waals surface area contributed by atoms with Crippen LogP contribution in [0.2, 0.25) is 0 Å². The third kappa shape index (κ3) is 4.00. The van der Waals surface area contributed by atoms with Gasteiger partial charge in [-0.2, -0.15) is 0 Å². The van der Waals surface area contributed by atoms with E-state index in [-0.39, 0.29) is 11.7 Å². The molecule has 6 heteroatoms. The summed E-state index contributed by atoms with van der Waals surface area (Å²) in [6, 6.07) is 7.82. The number of amides is 1. The lowest BCUT2D eigenvalue weighted by Gasteiger charge is -2.08. The summed E-state index contributed by atoms with van der Waals surface area (Å²) in [4.78, 5) is 15.9. The number of aryl methyl sites for hydroxylation is 1. The van der Waals surface area contributed by atoms with E-state index in [1.165, 1.54) is 18.3 Å². The molecule has 1 heterocycles. The van der Waals surface area contributed by atoms with Gasteiger partial charge in [0.1, 0.15) is 11.6 Å². The van der Waals surface area contributed by atoms with Crippen molar-refractivity contribution >= 4 is 11.7 Å². The molecule has 2 rings (SSSR count). The van der Waals surface area contributed by atoms with Crippen molar-refractivity contribution < 1.29 is 9.18 Å². The molecule has 0 bridgehead atoms. The van der Waals surface area contributed by atoms with Gasteiger partial charge in [0.15, 0.2) is 0 Å². The van der Waals surface area contributed by atoms with Gasteiger partial charge in [0, 0.05) is 18.3 Å². The maximum absolute atomic E-state index is 13.0. The molecule has 1 amide bonds. The Morgan fingerprint density at radius 2 is 2.14 bits per heavy atom. The van der Waals surface area contributed by atoms with E-state index in [1.54, 1.807) is 18.2 Å². The first kappa shape index (κ1) is 14.9. The van der Waals surface area contributed by atoms with Gasteiger partial charge in [-0.05, 0) is 48.7 Å². The number of rotatable bonds is 5. The number of halogens is 1. The Bertz CT molecular complexity index is 645. The fourth-order valence-corrected chi connectivity index (χ4v) is 2.00. The minimum absolute atomic E-state index is 0.200. The number of hydrogen-bond donors (Lipinski definition) is 3. The van der Waals surface area contributed by atoms with Crippen molar-refractivity contribution in [3.8, 4) is 0 Å². The fraction of sp³-hybridized carbons (Fsp3) is 0.200. The van der Waals surface area contributed by atoms with Crippen LogP contribution in [-0.2, 0) is 6.42 Å². The van der Waals surface area contributed by atoms with E-state index in [1.807, 2.05) is 6.92 Å². The van der Waals surface area contributed by atoms with Gasteiger partial charge in [-0.3, -0.25) is 4.79 Å². The van der Waals surface area contributed by atoms with Crippen LogP contribution in [0.25, 0.3) is 0 Å². The molecule has 0 aliphatic heterocycles. The Morgan fingerprint density at radius 1 is 1.33 bits per heavy atom. The van der Waals surface area contributed by atoms with Crippen LogP contribution >= 0.6 is 0 Å². The zero-order valence-electron chi connectivity index (χ0n) is 11.7. The summed E-state index contributed by atoms with van der Waals surface area (Å²) < 4.78 is 13.0. The average molecular weight is 288 g/mol. The Morgan fingerprint density at radius 3 is 2.86 bits per heavy atom. The molecular weight excluding hydrogens is 271 g/mol. The minimum atomic E-state index is -0.251. The van der Waals surface area contributed by atoms with Gasteiger partial charge in [-0.1, -0.05) is 6.07 Å². The Balaban J connectivity index is 1.92. The summed E-state index contributed by atoms with van der Waals surface area (Å²) in [6.07, 6.45) is 2.15. The molecule has 0 fully saturated rings. The number of aromatic nitrogens is 1. The molecule has 2 aromatic rings. The zero-order valence-corrected chi connectivity index (χ0v) is 11.7. The number of hydrazine groups is 1. The predicted molar refractivity (Wildman–Crippen MR) is 79.2 cm³/mol. The van der Waals surface area contributed by atoms with Crippen LogP contribution in [0.3, 0.4) is 0 Å². The van der Waals surface area contributed by atoms with Crippen LogP contribution in [0.1, 0.15) is 21.5 Å². The third-order valence-corrected chi connectivity index (χ3v) is 3.15. The van der Waals surface area contributed by atoms with Gasteiger partial charge in [0.2, 0.25) is 0 Å². The second kappa shape index (κ2) is 6.81. The van der Waals surface area contributed by atoms with E-state index in [0.717, 1.165) is 11.1 Å². The van der Waals surface area contributed by atoms with E-state index < -0.39 is 0 Å². The summed E-state index contributed by atoms with van der Waals surface area (Å²) >= 11 is 0. The van der Waals surface area contributed by atoms with Gasteiger partial charge in [0.05, 0.1) is 0 Å². The number of nitrogens with zero attached hydrogens (tertiary/aromatic N) is 1. The SMILES string of the molecule is Cc1cc(F)ccc1CCNC(=O)c1ccnc(NN)c1. The molecule has 0 spiro atoms. The first-order valence-corrected chi connectivity index (χ1v) is 6.56. The number of nitrogens with one attached hydrogen (secondary N) is 2. The Hall–Kier alpha value is -2.47. The van der Waals surface area contributed by atoms with E-state index in [4.69, 9.17) is 5.84 Å². The van der Waals surface area contributed by atoms with E-state index in [9.17, 15) is 9.18 Å².